The molecule has 2 heteroatoms. The number of para-hydroxylation sites is 1. The van der Waals surface area contributed by atoms with E-state index in [1.807, 2.05) is 0 Å². The van der Waals surface area contributed by atoms with Crippen LogP contribution in [0.15, 0.2) is 54.6 Å². The van der Waals surface area contributed by atoms with Gasteiger partial charge in [0.1, 0.15) is 5.75 Å². The molecule has 1 heterocycles. The smallest absolute Gasteiger partial charge is 0.119 e. The molecule has 0 atom stereocenters. The average Bonchev–Trinajstić information content (AvgIpc) is 3.16. The lowest BCUT2D eigenvalue weighted by Crippen LogP contribution is -2.10. The van der Waals surface area contributed by atoms with Crippen molar-refractivity contribution in [2.24, 2.45) is 0 Å². The second-order valence-corrected chi connectivity index (χ2v) is 5.82. The average molecular weight is 277 g/mol. The molecule has 2 aromatic carbocycles. The molecule has 0 radical (unpaired) electrons. The van der Waals surface area contributed by atoms with Gasteiger partial charge in [-0.2, -0.15) is 0 Å². The molecule has 106 valence electrons. The van der Waals surface area contributed by atoms with Crippen molar-refractivity contribution >= 4 is 10.9 Å². The summed E-state index contributed by atoms with van der Waals surface area (Å²) in [4.78, 5) is 3.46. The summed E-state index contributed by atoms with van der Waals surface area (Å²) in [6.07, 6.45) is 5.42. The zero-order valence-electron chi connectivity index (χ0n) is 12.0. The molecule has 0 unspecified atom stereocenters. The molecule has 2 nitrogen and oxygen atoms in total. The van der Waals surface area contributed by atoms with Crippen LogP contribution in [0.1, 0.15) is 25.7 Å². The fourth-order valence-corrected chi connectivity index (χ4v) is 3.14. The highest BCUT2D eigenvalue weighted by atomic mass is 16.5. The van der Waals surface area contributed by atoms with Gasteiger partial charge in [0, 0.05) is 16.6 Å². The first-order chi connectivity index (χ1) is 10.4. The van der Waals surface area contributed by atoms with Gasteiger partial charge >= 0.3 is 0 Å². The molecule has 3 aromatic rings. The predicted octanol–water partition coefficient (Wildman–Crippen LogP) is 5.16. The van der Waals surface area contributed by atoms with Gasteiger partial charge in [0.2, 0.25) is 0 Å². The van der Waals surface area contributed by atoms with Crippen LogP contribution in [0.25, 0.3) is 22.2 Å². The maximum atomic E-state index is 6.01. The van der Waals surface area contributed by atoms with E-state index in [1.165, 1.54) is 42.1 Å². The summed E-state index contributed by atoms with van der Waals surface area (Å²) in [6.45, 7) is 0. The van der Waals surface area contributed by atoms with Crippen LogP contribution in [0.2, 0.25) is 0 Å². The van der Waals surface area contributed by atoms with Crippen LogP contribution in [0.3, 0.4) is 0 Å². The maximum absolute atomic E-state index is 6.01. The van der Waals surface area contributed by atoms with E-state index in [9.17, 15) is 0 Å². The third-order valence-corrected chi connectivity index (χ3v) is 4.30. The Bertz CT molecular complexity index is 703. The van der Waals surface area contributed by atoms with Crippen LogP contribution in [-0.4, -0.2) is 11.1 Å². The van der Waals surface area contributed by atoms with E-state index in [4.69, 9.17) is 4.74 Å². The van der Waals surface area contributed by atoms with E-state index in [0.717, 1.165) is 11.4 Å². The minimum atomic E-state index is 0.420. The second-order valence-electron chi connectivity index (χ2n) is 5.82. The van der Waals surface area contributed by atoms with E-state index in [0.29, 0.717) is 6.10 Å². The summed E-state index contributed by atoms with van der Waals surface area (Å²) in [7, 11) is 0. The Hall–Kier alpha value is -2.22. The van der Waals surface area contributed by atoms with Crippen LogP contribution in [0.5, 0.6) is 5.75 Å². The Morgan fingerprint density at radius 1 is 0.905 bits per heavy atom. The van der Waals surface area contributed by atoms with Gasteiger partial charge in [-0.3, -0.25) is 0 Å². The lowest BCUT2D eigenvalue weighted by Gasteiger charge is -2.13. The van der Waals surface area contributed by atoms with Gasteiger partial charge < -0.3 is 9.72 Å². The third kappa shape index (κ3) is 2.54. The summed E-state index contributed by atoms with van der Waals surface area (Å²) < 4.78 is 6.01. The van der Waals surface area contributed by atoms with Gasteiger partial charge in [-0.25, -0.2) is 0 Å². The molecule has 0 amide bonds. The van der Waals surface area contributed by atoms with Crippen molar-refractivity contribution in [1.29, 1.82) is 0 Å². The van der Waals surface area contributed by atoms with Crippen LogP contribution in [0.4, 0.5) is 0 Å². The molecule has 0 saturated heterocycles. The molecule has 0 aliphatic heterocycles. The highest BCUT2D eigenvalue weighted by molar-refractivity contribution is 5.85. The van der Waals surface area contributed by atoms with Gasteiger partial charge in [0.25, 0.3) is 0 Å². The molecule has 1 N–H and O–H groups in total. The minimum Gasteiger partial charge on any atom is -0.490 e. The maximum Gasteiger partial charge on any atom is 0.119 e. The Kier molecular flexibility index (Phi) is 3.15. The fraction of sp³-hybridized carbons (Fsp3) is 0.263. The van der Waals surface area contributed by atoms with Gasteiger partial charge in [-0.1, -0.05) is 18.2 Å². The fourth-order valence-electron chi connectivity index (χ4n) is 3.14. The molecule has 1 fully saturated rings. The molecule has 1 aliphatic carbocycles. The number of nitrogens with one attached hydrogen (secondary N) is 1. The number of aromatic amines is 1. The number of fused-ring (bicyclic) bond motifs is 1. The molecule has 0 bridgehead atoms. The van der Waals surface area contributed by atoms with Crippen LogP contribution in [-0.2, 0) is 0 Å². The minimum absolute atomic E-state index is 0.420. The van der Waals surface area contributed by atoms with E-state index in [-0.39, 0.29) is 0 Å². The molecule has 4 rings (SSSR count). The van der Waals surface area contributed by atoms with Crippen LogP contribution >= 0.6 is 0 Å². The molecular formula is C19H19NO. The van der Waals surface area contributed by atoms with Crippen molar-refractivity contribution < 1.29 is 4.74 Å². The number of rotatable bonds is 3. The molecule has 0 spiro atoms. The molecule has 1 aliphatic rings. The first kappa shape index (κ1) is 12.5. The van der Waals surface area contributed by atoms with Gasteiger partial charge in [0.05, 0.1) is 6.10 Å². The lowest BCUT2D eigenvalue weighted by atomic mass is 10.1. The van der Waals surface area contributed by atoms with E-state index in [1.54, 1.807) is 0 Å². The van der Waals surface area contributed by atoms with Crippen molar-refractivity contribution in [3.8, 4) is 17.0 Å². The van der Waals surface area contributed by atoms with E-state index < -0.39 is 0 Å². The molecule has 21 heavy (non-hydrogen) atoms. The number of H-pyrrole nitrogens is 1. The number of hydrogen-bond acceptors (Lipinski definition) is 1. The van der Waals surface area contributed by atoms with Crippen LogP contribution in [0, 0.1) is 0 Å². The van der Waals surface area contributed by atoms with Crippen molar-refractivity contribution in [3.63, 3.8) is 0 Å². The Morgan fingerprint density at radius 2 is 1.67 bits per heavy atom. The summed E-state index contributed by atoms with van der Waals surface area (Å²) in [6, 6.07) is 19.0. The monoisotopic (exact) mass is 277 g/mol. The second kappa shape index (κ2) is 5.28. The summed E-state index contributed by atoms with van der Waals surface area (Å²) >= 11 is 0. The largest absolute Gasteiger partial charge is 0.490 e. The third-order valence-electron chi connectivity index (χ3n) is 4.30. The van der Waals surface area contributed by atoms with Gasteiger partial charge in [0.15, 0.2) is 0 Å². The highest BCUT2D eigenvalue weighted by Crippen LogP contribution is 2.28. The quantitative estimate of drug-likeness (QED) is 0.703. The predicted molar refractivity (Wildman–Crippen MR) is 86.6 cm³/mol. The number of aromatic nitrogens is 1. The molecule has 1 saturated carbocycles. The van der Waals surface area contributed by atoms with E-state index >= 15 is 0 Å². The lowest BCUT2D eigenvalue weighted by molar-refractivity contribution is 0.210. The SMILES string of the molecule is c1ccc2[nH]c(-c3ccc(OC4CCCC4)cc3)cc2c1. The van der Waals surface area contributed by atoms with Crippen molar-refractivity contribution in [1.82, 2.24) is 4.98 Å². The number of ether oxygens (including phenoxy) is 1. The zero-order chi connectivity index (χ0) is 14.1. The normalized spacial score (nSPS) is 15.6. The number of benzene rings is 2. The standard InChI is InChI=1S/C19H19NO/c1-4-8-18-15(5-1)13-19(20-18)14-9-11-17(12-10-14)21-16-6-2-3-7-16/h1,4-5,8-13,16,20H,2-3,6-7H2. The molecule has 1 aromatic heterocycles. The van der Waals surface area contributed by atoms with Crippen LogP contribution < -0.4 is 4.74 Å². The Labute approximate surface area is 124 Å². The first-order valence-electron chi connectivity index (χ1n) is 7.73. The highest BCUT2D eigenvalue weighted by Gasteiger charge is 2.16. The van der Waals surface area contributed by atoms with Gasteiger partial charge in [-0.15, -0.1) is 0 Å². The summed E-state index contributed by atoms with van der Waals surface area (Å²) in [5, 5.41) is 1.25. The molecular weight excluding hydrogens is 258 g/mol. The van der Waals surface area contributed by atoms with Crippen molar-refractivity contribution in [2.45, 2.75) is 31.8 Å². The first-order valence-corrected chi connectivity index (χ1v) is 7.73. The van der Waals surface area contributed by atoms with Gasteiger partial charge in [-0.05, 0) is 67.6 Å². The summed E-state index contributed by atoms with van der Waals surface area (Å²) in [5.74, 6) is 0.988. The Morgan fingerprint density at radius 3 is 2.43 bits per heavy atom. The topological polar surface area (TPSA) is 25.0 Å². The van der Waals surface area contributed by atoms with Crippen molar-refractivity contribution in [2.75, 3.05) is 0 Å². The zero-order valence-corrected chi connectivity index (χ0v) is 12.0. The Balaban J connectivity index is 1.57. The summed E-state index contributed by atoms with van der Waals surface area (Å²) in [5.41, 5.74) is 3.53. The van der Waals surface area contributed by atoms with Crippen molar-refractivity contribution in [3.05, 3.63) is 54.6 Å². The van der Waals surface area contributed by atoms with E-state index in [2.05, 4.69) is 59.6 Å². The number of hydrogen-bond donors (Lipinski definition) is 1.